The van der Waals surface area contributed by atoms with Gasteiger partial charge in [0, 0.05) is 43.9 Å². The number of imidazole rings is 1. The SMILES string of the molecule is O=C1NCc2c(-c3cnc4cc(F)ccn34)ccc(Nc3cccc(CN4CCC(F)(F)C4)n3)c21. The second kappa shape index (κ2) is 8.09. The molecule has 0 unspecified atom stereocenters. The molecule has 0 atom stereocenters. The van der Waals surface area contributed by atoms with Gasteiger partial charge in [-0.1, -0.05) is 12.1 Å². The van der Waals surface area contributed by atoms with Crippen LogP contribution in [0.1, 0.15) is 28.0 Å². The highest BCUT2D eigenvalue weighted by atomic mass is 19.3. The third-order valence-electron chi connectivity index (χ3n) is 6.42. The van der Waals surface area contributed by atoms with Crippen molar-refractivity contribution in [2.45, 2.75) is 25.4 Å². The van der Waals surface area contributed by atoms with Gasteiger partial charge in [0.1, 0.15) is 17.3 Å². The molecule has 1 fully saturated rings. The van der Waals surface area contributed by atoms with Gasteiger partial charge in [-0.25, -0.2) is 23.1 Å². The lowest BCUT2D eigenvalue weighted by Gasteiger charge is -2.16. The van der Waals surface area contributed by atoms with Gasteiger partial charge >= 0.3 is 0 Å². The molecule has 1 amide bonds. The van der Waals surface area contributed by atoms with Gasteiger partial charge in [-0.05, 0) is 29.8 Å². The molecule has 178 valence electrons. The Morgan fingerprint density at radius 3 is 2.89 bits per heavy atom. The van der Waals surface area contributed by atoms with E-state index in [0.29, 0.717) is 48.0 Å². The molecule has 1 aromatic carbocycles. The maximum Gasteiger partial charge on any atom is 0.261 e. The molecule has 0 radical (unpaired) electrons. The zero-order chi connectivity index (χ0) is 24.2. The first-order valence-electron chi connectivity index (χ1n) is 11.3. The summed E-state index contributed by atoms with van der Waals surface area (Å²) in [5, 5.41) is 6.09. The first-order valence-corrected chi connectivity index (χ1v) is 11.3. The van der Waals surface area contributed by atoms with E-state index in [0.717, 1.165) is 16.8 Å². The van der Waals surface area contributed by atoms with Crippen molar-refractivity contribution in [1.29, 1.82) is 0 Å². The minimum absolute atomic E-state index is 0.139. The summed E-state index contributed by atoms with van der Waals surface area (Å²) in [4.78, 5) is 23.3. The van der Waals surface area contributed by atoms with E-state index in [1.807, 2.05) is 12.1 Å². The van der Waals surface area contributed by atoms with Crippen molar-refractivity contribution in [3.63, 3.8) is 0 Å². The Balaban J connectivity index is 1.31. The Bertz CT molecular complexity index is 1470. The number of alkyl halides is 2. The van der Waals surface area contributed by atoms with Gasteiger partial charge < -0.3 is 10.6 Å². The number of hydrogen-bond acceptors (Lipinski definition) is 5. The Morgan fingerprint density at radius 1 is 1.17 bits per heavy atom. The Labute approximate surface area is 198 Å². The summed E-state index contributed by atoms with van der Waals surface area (Å²) in [6, 6.07) is 11.8. The van der Waals surface area contributed by atoms with Gasteiger partial charge in [0.05, 0.1) is 35.4 Å². The number of anilines is 2. The Morgan fingerprint density at radius 2 is 2.06 bits per heavy atom. The topological polar surface area (TPSA) is 74.6 Å². The Kier molecular flexibility index (Phi) is 4.99. The molecule has 2 aliphatic heterocycles. The maximum absolute atomic E-state index is 13.6. The number of halogens is 3. The number of nitrogens with zero attached hydrogens (tertiary/aromatic N) is 4. The van der Waals surface area contributed by atoms with Crippen LogP contribution in [0.25, 0.3) is 16.9 Å². The zero-order valence-corrected chi connectivity index (χ0v) is 18.6. The van der Waals surface area contributed by atoms with Crippen LogP contribution in [0, 0.1) is 5.82 Å². The zero-order valence-electron chi connectivity index (χ0n) is 18.6. The normalized spacial score (nSPS) is 17.1. The van der Waals surface area contributed by atoms with E-state index in [-0.39, 0.29) is 24.7 Å². The summed E-state index contributed by atoms with van der Waals surface area (Å²) in [5.74, 6) is -2.71. The number of carbonyl (C=O) groups is 1. The van der Waals surface area contributed by atoms with Gasteiger partial charge in [-0.15, -0.1) is 0 Å². The van der Waals surface area contributed by atoms with E-state index in [4.69, 9.17) is 0 Å². The van der Waals surface area contributed by atoms with Crippen molar-refractivity contribution in [2.24, 2.45) is 0 Å². The van der Waals surface area contributed by atoms with E-state index < -0.39 is 5.92 Å². The summed E-state index contributed by atoms with van der Waals surface area (Å²) in [6.07, 6.45) is 3.13. The van der Waals surface area contributed by atoms with Crippen LogP contribution < -0.4 is 10.6 Å². The van der Waals surface area contributed by atoms with Crippen LogP contribution in [-0.2, 0) is 13.1 Å². The van der Waals surface area contributed by atoms with Crippen LogP contribution in [0.2, 0.25) is 0 Å². The molecule has 6 rings (SSSR count). The summed E-state index contributed by atoms with van der Waals surface area (Å²) >= 11 is 0. The third kappa shape index (κ3) is 3.99. The van der Waals surface area contributed by atoms with E-state index in [9.17, 15) is 18.0 Å². The average Bonchev–Trinajstić information content (AvgIpc) is 3.51. The number of hydrogen-bond donors (Lipinski definition) is 2. The predicted octanol–water partition coefficient (Wildman–Crippen LogP) is 4.36. The van der Waals surface area contributed by atoms with Crippen molar-refractivity contribution >= 4 is 23.1 Å². The van der Waals surface area contributed by atoms with Gasteiger partial charge in [0.15, 0.2) is 0 Å². The molecule has 1 saturated heterocycles. The number of nitrogens with one attached hydrogen (secondary N) is 2. The summed E-state index contributed by atoms with van der Waals surface area (Å²) in [5.41, 5.74) is 4.62. The predicted molar refractivity (Wildman–Crippen MR) is 124 cm³/mol. The van der Waals surface area contributed by atoms with E-state index in [2.05, 4.69) is 20.6 Å². The van der Waals surface area contributed by atoms with Crippen LogP contribution >= 0.6 is 0 Å². The molecule has 0 bridgehead atoms. The minimum atomic E-state index is -2.65. The summed E-state index contributed by atoms with van der Waals surface area (Å²) in [7, 11) is 0. The van der Waals surface area contributed by atoms with Crippen molar-refractivity contribution in [3.8, 4) is 11.3 Å². The molecule has 2 N–H and O–H groups in total. The number of pyridine rings is 2. The average molecular weight is 478 g/mol. The largest absolute Gasteiger partial charge is 0.348 e. The number of benzene rings is 1. The summed E-state index contributed by atoms with van der Waals surface area (Å²) in [6.45, 7) is 0.746. The fourth-order valence-corrected chi connectivity index (χ4v) is 4.79. The Hall–Kier alpha value is -3.92. The third-order valence-corrected chi connectivity index (χ3v) is 6.42. The number of amides is 1. The molecular formula is C25H21F3N6O. The molecule has 0 aliphatic carbocycles. The fourth-order valence-electron chi connectivity index (χ4n) is 4.79. The lowest BCUT2D eigenvalue weighted by Crippen LogP contribution is -2.25. The highest BCUT2D eigenvalue weighted by Crippen LogP contribution is 2.35. The van der Waals surface area contributed by atoms with E-state index in [1.165, 1.54) is 12.1 Å². The molecular weight excluding hydrogens is 457 g/mol. The van der Waals surface area contributed by atoms with Crippen LogP contribution in [0.3, 0.4) is 0 Å². The minimum Gasteiger partial charge on any atom is -0.348 e. The number of rotatable bonds is 5. The molecule has 5 heterocycles. The lowest BCUT2D eigenvalue weighted by atomic mass is 9.99. The first-order chi connectivity index (χ1) is 16.9. The highest BCUT2D eigenvalue weighted by Gasteiger charge is 2.38. The van der Waals surface area contributed by atoms with Crippen LogP contribution in [0.5, 0.6) is 0 Å². The first kappa shape index (κ1) is 21.6. The van der Waals surface area contributed by atoms with Crippen LogP contribution in [-0.4, -0.2) is 44.2 Å². The monoisotopic (exact) mass is 478 g/mol. The van der Waals surface area contributed by atoms with Crippen molar-refractivity contribution in [2.75, 3.05) is 18.4 Å². The standard InChI is InChI=1S/C25H21F3N6O/c26-15-6-8-34-20(12-29-22(34)10-15)17-4-5-19(23-18(17)11-30-24(23)35)32-21-3-1-2-16(31-21)13-33-9-7-25(27,28)14-33/h1-6,8,10,12H,7,9,11,13-14H2,(H,30,35)(H,31,32). The molecule has 3 aromatic heterocycles. The highest BCUT2D eigenvalue weighted by molar-refractivity contribution is 6.06. The second-order valence-electron chi connectivity index (χ2n) is 8.87. The van der Waals surface area contributed by atoms with Gasteiger partial charge in [0.25, 0.3) is 11.8 Å². The van der Waals surface area contributed by atoms with Gasteiger partial charge in [-0.3, -0.25) is 14.1 Å². The van der Waals surface area contributed by atoms with Gasteiger partial charge in [-0.2, -0.15) is 0 Å². The fraction of sp³-hybridized carbons (Fsp3) is 0.240. The van der Waals surface area contributed by atoms with Crippen molar-refractivity contribution in [3.05, 3.63) is 77.5 Å². The van der Waals surface area contributed by atoms with Crippen molar-refractivity contribution < 1.29 is 18.0 Å². The maximum atomic E-state index is 13.6. The quantitative estimate of drug-likeness (QED) is 0.446. The molecule has 10 heteroatoms. The molecule has 4 aromatic rings. The number of aromatic nitrogens is 3. The van der Waals surface area contributed by atoms with Crippen molar-refractivity contribution in [1.82, 2.24) is 24.6 Å². The smallest absolute Gasteiger partial charge is 0.261 e. The lowest BCUT2D eigenvalue weighted by molar-refractivity contribution is 0.0114. The number of fused-ring (bicyclic) bond motifs is 2. The van der Waals surface area contributed by atoms with Crippen LogP contribution in [0.4, 0.5) is 24.7 Å². The molecule has 0 spiro atoms. The molecule has 2 aliphatic rings. The second-order valence-corrected chi connectivity index (χ2v) is 8.87. The molecule has 7 nitrogen and oxygen atoms in total. The van der Waals surface area contributed by atoms with Gasteiger partial charge in [0.2, 0.25) is 0 Å². The number of likely N-dealkylation sites (tertiary alicyclic amines) is 1. The molecule has 0 saturated carbocycles. The summed E-state index contributed by atoms with van der Waals surface area (Å²) < 4.78 is 42.4. The molecule has 35 heavy (non-hydrogen) atoms. The number of carbonyl (C=O) groups excluding carboxylic acids is 1. The van der Waals surface area contributed by atoms with Crippen LogP contribution in [0.15, 0.2) is 54.9 Å². The van der Waals surface area contributed by atoms with E-state index in [1.54, 1.807) is 39.9 Å². The van der Waals surface area contributed by atoms with E-state index >= 15 is 0 Å².